The lowest BCUT2D eigenvalue weighted by Crippen LogP contribution is -2.20. The number of halogens is 1. The van der Waals surface area contributed by atoms with E-state index >= 15 is 0 Å². The van der Waals surface area contributed by atoms with Gasteiger partial charge in [-0.3, -0.25) is 9.59 Å². The minimum atomic E-state index is -0.337. The average Bonchev–Trinajstić information content (AvgIpc) is 2.62. The van der Waals surface area contributed by atoms with Gasteiger partial charge in [0.05, 0.1) is 10.7 Å². The van der Waals surface area contributed by atoms with Crippen molar-refractivity contribution in [3.63, 3.8) is 0 Å². The number of hydrogen-bond donors (Lipinski definition) is 2. The van der Waals surface area contributed by atoms with Crippen molar-refractivity contribution in [1.29, 1.82) is 0 Å². The van der Waals surface area contributed by atoms with Gasteiger partial charge in [-0.05, 0) is 41.3 Å². The Labute approximate surface area is 165 Å². The first-order valence-electron chi connectivity index (χ1n) is 8.81. The molecule has 0 saturated heterocycles. The molecule has 27 heavy (non-hydrogen) atoms. The Hall–Kier alpha value is -2.53. The molecule has 0 aromatic heterocycles. The summed E-state index contributed by atoms with van der Waals surface area (Å²) in [6, 6.07) is 12.6. The fourth-order valence-corrected chi connectivity index (χ4v) is 2.50. The van der Waals surface area contributed by atoms with E-state index in [0.29, 0.717) is 28.6 Å². The molecule has 0 heterocycles. The Morgan fingerprint density at radius 1 is 1.00 bits per heavy atom. The maximum Gasteiger partial charge on any atom is 0.262 e. The third kappa shape index (κ3) is 6.29. The van der Waals surface area contributed by atoms with Gasteiger partial charge in [0.2, 0.25) is 5.91 Å². The molecular weight excluding hydrogens is 364 g/mol. The lowest BCUT2D eigenvalue weighted by Gasteiger charge is -2.19. The number of nitrogens with one attached hydrogen (secondary N) is 2. The van der Waals surface area contributed by atoms with Crippen LogP contribution in [0.5, 0.6) is 5.75 Å². The zero-order chi connectivity index (χ0) is 20.0. The molecular formula is C21H25ClN2O3. The van der Waals surface area contributed by atoms with Gasteiger partial charge in [-0.15, -0.1) is 0 Å². The standard InChI is InChI=1S/C21H25ClN2O3/c1-5-19(25)23-15-8-11-17(22)18(12-15)24-20(26)13-27-16-9-6-14(7-10-16)21(2,3)4/h6-12H,5,13H2,1-4H3,(H,23,25)(H,24,26). The predicted molar refractivity (Wildman–Crippen MR) is 110 cm³/mol. The molecule has 2 N–H and O–H groups in total. The highest BCUT2D eigenvalue weighted by atomic mass is 35.5. The van der Waals surface area contributed by atoms with Crippen LogP contribution >= 0.6 is 11.6 Å². The van der Waals surface area contributed by atoms with Crippen molar-refractivity contribution in [3.8, 4) is 5.75 Å². The number of benzene rings is 2. The third-order valence-electron chi connectivity index (χ3n) is 3.94. The molecule has 0 unspecified atom stereocenters. The molecule has 0 saturated carbocycles. The zero-order valence-electron chi connectivity index (χ0n) is 16.1. The minimum absolute atomic E-state index is 0.0604. The molecule has 6 heteroatoms. The maximum atomic E-state index is 12.2. The van der Waals surface area contributed by atoms with E-state index in [4.69, 9.17) is 16.3 Å². The van der Waals surface area contributed by atoms with Crippen molar-refractivity contribution in [2.24, 2.45) is 0 Å². The van der Waals surface area contributed by atoms with Gasteiger partial charge < -0.3 is 15.4 Å². The Balaban J connectivity index is 1.95. The molecule has 2 aromatic rings. The summed E-state index contributed by atoms with van der Waals surface area (Å²) in [5.41, 5.74) is 2.24. The van der Waals surface area contributed by atoms with Crippen LogP contribution in [0.2, 0.25) is 5.02 Å². The molecule has 0 spiro atoms. The Morgan fingerprint density at radius 2 is 1.67 bits per heavy atom. The number of hydrogen-bond acceptors (Lipinski definition) is 3. The van der Waals surface area contributed by atoms with Crippen LogP contribution in [0, 0.1) is 0 Å². The Morgan fingerprint density at radius 3 is 2.26 bits per heavy atom. The van der Waals surface area contributed by atoms with Gasteiger partial charge in [0, 0.05) is 12.1 Å². The van der Waals surface area contributed by atoms with E-state index in [2.05, 4.69) is 31.4 Å². The van der Waals surface area contributed by atoms with Gasteiger partial charge in [0.15, 0.2) is 6.61 Å². The highest BCUT2D eigenvalue weighted by Gasteiger charge is 2.13. The van der Waals surface area contributed by atoms with Gasteiger partial charge in [-0.25, -0.2) is 0 Å². The van der Waals surface area contributed by atoms with Crippen molar-refractivity contribution in [2.45, 2.75) is 39.5 Å². The number of carbonyl (C=O) groups excluding carboxylic acids is 2. The second kappa shape index (κ2) is 8.91. The first-order valence-corrected chi connectivity index (χ1v) is 9.19. The van der Waals surface area contributed by atoms with Crippen LogP contribution in [-0.4, -0.2) is 18.4 Å². The van der Waals surface area contributed by atoms with Crippen LogP contribution < -0.4 is 15.4 Å². The van der Waals surface area contributed by atoms with E-state index in [1.807, 2.05) is 24.3 Å². The molecule has 5 nitrogen and oxygen atoms in total. The van der Waals surface area contributed by atoms with Gasteiger partial charge >= 0.3 is 0 Å². The second-order valence-corrected chi connectivity index (χ2v) is 7.61. The second-order valence-electron chi connectivity index (χ2n) is 7.21. The summed E-state index contributed by atoms with van der Waals surface area (Å²) in [6.07, 6.45) is 0.367. The lowest BCUT2D eigenvalue weighted by atomic mass is 9.87. The first-order chi connectivity index (χ1) is 12.7. The van der Waals surface area contributed by atoms with E-state index in [1.54, 1.807) is 25.1 Å². The number of rotatable bonds is 6. The van der Waals surface area contributed by atoms with Gasteiger partial charge in [-0.2, -0.15) is 0 Å². The summed E-state index contributed by atoms with van der Waals surface area (Å²) >= 11 is 6.12. The summed E-state index contributed by atoms with van der Waals surface area (Å²) in [4.78, 5) is 23.7. The monoisotopic (exact) mass is 388 g/mol. The summed E-state index contributed by atoms with van der Waals surface area (Å²) in [5, 5.41) is 5.81. The summed E-state index contributed by atoms with van der Waals surface area (Å²) in [7, 11) is 0. The topological polar surface area (TPSA) is 67.4 Å². The number of ether oxygens (including phenoxy) is 1. The van der Waals surface area contributed by atoms with Crippen LogP contribution in [0.3, 0.4) is 0 Å². The molecule has 2 aromatic carbocycles. The molecule has 0 bridgehead atoms. The zero-order valence-corrected chi connectivity index (χ0v) is 16.8. The van der Waals surface area contributed by atoms with Crippen LogP contribution in [0.1, 0.15) is 39.7 Å². The summed E-state index contributed by atoms with van der Waals surface area (Å²) in [6.45, 7) is 8.03. The Kier molecular flexibility index (Phi) is 6.86. The molecule has 2 rings (SSSR count). The first kappa shape index (κ1) is 20.8. The van der Waals surface area contributed by atoms with Gasteiger partial charge in [-0.1, -0.05) is 51.4 Å². The number of amides is 2. The van der Waals surface area contributed by atoms with E-state index in [1.165, 1.54) is 5.56 Å². The number of carbonyl (C=O) groups is 2. The highest BCUT2D eigenvalue weighted by molar-refractivity contribution is 6.33. The van der Waals surface area contributed by atoms with Crippen molar-refractivity contribution in [1.82, 2.24) is 0 Å². The maximum absolute atomic E-state index is 12.2. The number of anilines is 2. The minimum Gasteiger partial charge on any atom is -0.484 e. The van der Waals surface area contributed by atoms with Crippen molar-refractivity contribution in [3.05, 3.63) is 53.1 Å². The molecule has 0 atom stereocenters. The van der Waals surface area contributed by atoms with E-state index in [-0.39, 0.29) is 23.8 Å². The van der Waals surface area contributed by atoms with E-state index in [9.17, 15) is 9.59 Å². The SMILES string of the molecule is CCC(=O)Nc1ccc(Cl)c(NC(=O)COc2ccc(C(C)(C)C)cc2)c1. The van der Waals surface area contributed by atoms with Crippen LogP contribution in [-0.2, 0) is 15.0 Å². The average molecular weight is 389 g/mol. The molecule has 0 aliphatic rings. The summed E-state index contributed by atoms with van der Waals surface area (Å²) < 4.78 is 5.53. The smallest absolute Gasteiger partial charge is 0.262 e. The molecule has 0 radical (unpaired) electrons. The van der Waals surface area contributed by atoms with E-state index in [0.717, 1.165) is 0 Å². The molecule has 0 fully saturated rings. The van der Waals surface area contributed by atoms with Crippen molar-refractivity contribution >= 4 is 34.8 Å². The Bertz CT molecular complexity index is 811. The predicted octanol–water partition coefficient (Wildman–Crippen LogP) is 5.00. The molecule has 0 aliphatic carbocycles. The third-order valence-corrected chi connectivity index (χ3v) is 4.27. The largest absolute Gasteiger partial charge is 0.484 e. The van der Waals surface area contributed by atoms with Crippen LogP contribution in [0.15, 0.2) is 42.5 Å². The molecule has 2 amide bonds. The van der Waals surface area contributed by atoms with Crippen molar-refractivity contribution in [2.75, 3.05) is 17.2 Å². The molecule has 0 aliphatic heterocycles. The fraction of sp³-hybridized carbons (Fsp3) is 0.333. The van der Waals surface area contributed by atoms with Crippen LogP contribution in [0.25, 0.3) is 0 Å². The van der Waals surface area contributed by atoms with E-state index < -0.39 is 0 Å². The fourth-order valence-electron chi connectivity index (χ4n) is 2.33. The quantitative estimate of drug-likeness (QED) is 0.731. The summed E-state index contributed by atoms with van der Waals surface area (Å²) in [5.74, 6) is 0.167. The lowest BCUT2D eigenvalue weighted by molar-refractivity contribution is -0.118. The normalized spacial score (nSPS) is 11.0. The molecule has 144 valence electrons. The van der Waals surface area contributed by atoms with Crippen LogP contribution in [0.4, 0.5) is 11.4 Å². The van der Waals surface area contributed by atoms with Crippen molar-refractivity contribution < 1.29 is 14.3 Å². The highest BCUT2D eigenvalue weighted by Crippen LogP contribution is 2.26. The van der Waals surface area contributed by atoms with Gasteiger partial charge in [0.1, 0.15) is 5.75 Å². The van der Waals surface area contributed by atoms with Gasteiger partial charge in [0.25, 0.3) is 5.91 Å².